The zero-order chi connectivity index (χ0) is 16.0. The minimum atomic E-state index is -0.0190. The molecular weight excluding hydrogens is 350 g/mol. The van der Waals surface area contributed by atoms with Crippen molar-refractivity contribution in [1.82, 2.24) is 20.2 Å². The second-order valence-electron chi connectivity index (χ2n) is 5.74. The molecule has 0 spiro atoms. The van der Waals surface area contributed by atoms with Gasteiger partial charge in [-0.05, 0) is 30.7 Å². The predicted octanol–water partition coefficient (Wildman–Crippen LogP) is 2.84. The number of nitrogens with one attached hydrogen (secondary N) is 1. The fourth-order valence-corrected chi connectivity index (χ4v) is 5.78. The zero-order valence-electron chi connectivity index (χ0n) is 12.5. The van der Waals surface area contributed by atoms with E-state index in [0.29, 0.717) is 22.6 Å². The number of nitrogens with two attached hydrogens (primary N) is 1. The Morgan fingerprint density at radius 1 is 1.39 bits per heavy atom. The summed E-state index contributed by atoms with van der Waals surface area (Å²) in [4.78, 5) is 22.3. The number of thioether (sulfide) groups is 1. The summed E-state index contributed by atoms with van der Waals surface area (Å²) in [7, 11) is 0. The van der Waals surface area contributed by atoms with Crippen molar-refractivity contribution in [3.63, 3.8) is 0 Å². The van der Waals surface area contributed by atoms with Crippen molar-refractivity contribution in [2.24, 2.45) is 5.92 Å². The second kappa shape index (κ2) is 5.88. The number of hydrogen-bond donors (Lipinski definition) is 2. The van der Waals surface area contributed by atoms with E-state index >= 15 is 0 Å². The molecule has 0 amide bonds. The lowest BCUT2D eigenvalue weighted by Gasteiger charge is -2.17. The Hall–Kier alpha value is -1.45. The van der Waals surface area contributed by atoms with E-state index in [4.69, 9.17) is 5.73 Å². The first-order chi connectivity index (χ1) is 11.1. The highest BCUT2D eigenvalue weighted by Crippen LogP contribution is 2.36. The van der Waals surface area contributed by atoms with Crippen LogP contribution in [-0.4, -0.2) is 20.2 Å². The highest BCUT2D eigenvalue weighted by atomic mass is 32.2. The lowest BCUT2D eigenvalue weighted by molar-refractivity contribution is 0.509. The van der Waals surface area contributed by atoms with E-state index in [0.717, 1.165) is 33.8 Å². The van der Waals surface area contributed by atoms with Crippen molar-refractivity contribution in [3.05, 3.63) is 26.6 Å². The topological polar surface area (TPSA) is 97.5 Å². The first-order valence-corrected chi connectivity index (χ1v) is 9.97. The molecular formula is C14H15N5OS3. The van der Waals surface area contributed by atoms with Crippen LogP contribution in [0, 0.1) is 5.92 Å². The quantitative estimate of drug-likeness (QED) is 0.693. The van der Waals surface area contributed by atoms with Gasteiger partial charge in [-0.25, -0.2) is 4.98 Å². The van der Waals surface area contributed by atoms with E-state index in [9.17, 15) is 4.79 Å². The van der Waals surface area contributed by atoms with Gasteiger partial charge in [-0.1, -0.05) is 30.0 Å². The Morgan fingerprint density at radius 2 is 2.26 bits per heavy atom. The van der Waals surface area contributed by atoms with Crippen LogP contribution in [0.5, 0.6) is 0 Å². The minimum absolute atomic E-state index is 0.0190. The average Bonchev–Trinajstić information content (AvgIpc) is 3.07. The molecule has 0 bridgehead atoms. The lowest BCUT2D eigenvalue weighted by atomic mass is 9.89. The maximum Gasteiger partial charge on any atom is 0.259 e. The Balaban J connectivity index is 1.66. The molecule has 120 valence electrons. The molecule has 0 saturated carbocycles. The molecule has 0 aromatic carbocycles. The maximum absolute atomic E-state index is 12.5. The predicted molar refractivity (Wildman–Crippen MR) is 95.3 cm³/mol. The lowest BCUT2D eigenvalue weighted by Crippen LogP contribution is -2.14. The molecule has 1 aliphatic carbocycles. The van der Waals surface area contributed by atoms with Gasteiger partial charge in [0.05, 0.1) is 11.1 Å². The van der Waals surface area contributed by atoms with Gasteiger partial charge in [0, 0.05) is 4.88 Å². The molecule has 3 N–H and O–H groups in total. The van der Waals surface area contributed by atoms with Gasteiger partial charge in [-0.2, -0.15) is 0 Å². The van der Waals surface area contributed by atoms with Crippen LogP contribution in [0.15, 0.2) is 9.13 Å². The molecule has 1 aliphatic rings. The Bertz CT molecular complexity index is 928. The van der Waals surface area contributed by atoms with Crippen LogP contribution in [-0.2, 0) is 18.6 Å². The van der Waals surface area contributed by atoms with Crippen LogP contribution < -0.4 is 11.3 Å². The van der Waals surface area contributed by atoms with E-state index in [2.05, 4.69) is 27.1 Å². The first-order valence-electron chi connectivity index (χ1n) is 7.35. The number of thiophene rings is 1. The van der Waals surface area contributed by atoms with Gasteiger partial charge in [0.1, 0.15) is 10.7 Å². The number of aromatic nitrogens is 4. The molecule has 0 radical (unpaired) electrons. The molecule has 4 rings (SSSR count). The van der Waals surface area contributed by atoms with E-state index in [1.165, 1.54) is 33.5 Å². The molecule has 9 heteroatoms. The van der Waals surface area contributed by atoms with Gasteiger partial charge in [-0.15, -0.1) is 21.5 Å². The summed E-state index contributed by atoms with van der Waals surface area (Å²) in [6.45, 7) is 2.26. The number of fused-ring (bicyclic) bond motifs is 3. The number of hydrogen-bond acceptors (Lipinski definition) is 8. The number of aromatic amines is 1. The Morgan fingerprint density at radius 3 is 3.04 bits per heavy atom. The number of rotatable bonds is 3. The number of aryl methyl sites for hydroxylation is 1. The summed E-state index contributed by atoms with van der Waals surface area (Å²) in [6.07, 6.45) is 3.19. The average molecular weight is 366 g/mol. The van der Waals surface area contributed by atoms with Crippen LogP contribution >= 0.6 is 34.4 Å². The van der Waals surface area contributed by atoms with Gasteiger partial charge in [0.15, 0.2) is 4.34 Å². The first kappa shape index (κ1) is 15.1. The fourth-order valence-electron chi connectivity index (χ4n) is 2.87. The van der Waals surface area contributed by atoms with Crippen molar-refractivity contribution in [3.8, 4) is 0 Å². The third-order valence-electron chi connectivity index (χ3n) is 3.97. The Kier molecular flexibility index (Phi) is 3.86. The third-order valence-corrected chi connectivity index (χ3v) is 7.01. The number of H-pyrrole nitrogens is 1. The smallest absolute Gasteiger partial charge is 0.259 e. The van der Waals surface area contributed by atoms with Crippen molar-refractivity contribution in [1.29, 1.82) is 0 Å². The molecule has 0 unspecified atom stereocenters. The van der Waals surface area contributed by atoms with Gasteiger partial charge >= 0.3 is 0 Å². The normalized spacial score (nSPS) is 17.5. The highest BCUT2D eigenvalue weighted by Gasteiger charge is 2.23. The summed E-state index contributed by atoms with van der Waals surface area (Å²) >= 11 is 4.49. The monoisotopic (exact) mass is 365 g/mol. The Labute approximate surface area is 144 Å². The largest absolute Gasteiger partial charge is 0.374 e. The third kappa shape index (κ3) is 2.88. The van der Waals surface area contributed by atoms with Crippen molar-refractivity contribution >= 4 is 49.8 Å². The van der Waals surface area contributed by atoms with Crippen molar-refractivity contribution in [2.45, 2.75) is 36.3 Å². The second-order valence-corrected chi connectivity index (χ2v) is 9.05. The van der Waals surface area contributed by atoms with Gasteiger partial charge in [0.25, 0.3) is 5.56 Å². The van der Waals surface area contributed by atoms with E-state index in [-0.39, 0.29) is 5.56 Å². The van der Waals surface area contributed by atoms with Crippen LogP contribution in [0.1, 0.15) is 29.6 Å². The van der Waals surface area contributed by atoms with Gasteiger partial charge in [-0.3, -0.25) is 4.79 Å². The number of anilines is 1. The molecule has 3 aromatic heterocycles. The summed E-state index contributed by atoms with van der Waals surface area (Å²) in [6, 6.07) is 0. The van der Waals surface area contributed by atoms with Gasteiger partial charge in [0.2, 0.25) is 5.13 Å². The van der Waals surface area contributed by atoms with Crippen molar-refractivity contribution in [2.75, 3.05) is 5.73 Å². The molecule has 0 fully saturated rings. The summed E-state index contributed by atoms with van der Waals surface area (Å²) in [5.74, 6) is 1.92. The van der Waals surface area contributed by atoms with Crippen LogP contribution in [0.2, 0.25) is 0 Å². The molecule has 6 nitrogen and oxygen atoms in total. The highest BCUT2D eigenvalue weighted by molar-refractivity contribution is 8.00. The van der Waals surface area contributed by atoms with E-state index in [1.807, 2.05) is 0 Å². The van der Waals surface area contributed by atoms with E-state index < -0.39 is 0 Å². The SMILES string of the molecule is C[C@@H]1CCc2c(sc3nc(CSc4nnc(N)s4)[nH]c(=O)c23)C1. The van der Waals surface area contributed by atoms with Crippen LogP contribution in [0.4, 0.5) is 5.13 Å². The molecule has 1 atom stereocenters. The summed E-state index contributed by atoms with van der Waals surface area (Å²) < 4.78 is 0.782. The molecule has 0 saturated heterocycles. The molecule has 0 aliphatic heterocycles. The van der Waals surface area contributed by atoms with E-state index in [1.54, 1.807) is 11.3 Å². The summed E-state index contributed by atoms with van der Waals surface area (Å²) in [5.41, 5.74) is 6.77. The minimum Gasteiger partial charge on any atom is -0.374 e. The van der Waals surface area contributed by atoms with Crippen molar-refractivity contribution < 1.29 is 0 Å². The molecule has 3 aromatic rings. The zero-order valence-corrected chi connectivity index (χ0v) is 14.9. The van der Waals surface area contributed by atoms with Gasteiger partial charge < -0.3 is 10.7 Å². The van der Waals surface area contributed by atoms with Crippen LogP contribution in [0.25, 0.3) is 10.2 Å². The number of nitrogens with zero attached hydrogens (tertiary/aromatic N) is 3. The fraction of sp³-hybridized carbons (Fsp3) is 0.429. The standard InChI is InChI=1S/C14H15N5OS3/c1-6-2-3-7-8(4-6)22-12-10(7)11(20)16-9(17-12)5-21-14-19-18-13(15)23-14/h6H,2-5H2,1H3,(H2,15,18)(H,16,17,20)/t6-/m1/s1. The molecule has 3 heterocycles. The number of nitrogen functional groups attached to an aromatic ring is 1. The van der Waals surface area contributed by atoms with Crippen LogP contribution in [0.3, 0.4) is 0 Å². The molecule has 23 heavy (non-hydrogen) atoms. The summed E-state index contributed by atoms with van der Waals surface area (Å²) in [5, 5.41) is 8.99. The maximum atomic E-state index is 12.5.